The van der Waals surface area contributed by atoms with Crippen LogP contribution in [0.1, 0.15) is 32.6 Å². The van der Waals surface area contributed by atoms with Gasteiger partial charge in [0.15, 0.2) is 0 Å². The van der Waals surface area contributed by atoms with E-state index in [0.29, 0.717) is 0 Å². The van der Waals surface area contributed by atoms with Crippen LogP contribution in [0.4, 0.5) is 0 Å². The van der Waals surface area contributed by atoms with Gasteiger partial charge in [-0.05, 0) is 6.42 Å². The molecule has 0 amide bonds. The van der Waals surface area contributed by atoms with E-state index in [-0.39, 0.29) is 13.5 Å². The van der Waals surface area contributed by atoms with Gasteiger partial charge in [-0.3, -0.25) is 0 Å². The molecular weight excluding hydrogens is 154 g/mol. The maximum atomic E-state index is 2.41. The maximum Gasteiger partial charge on any atom is 0.0786 e. The van der Waals surface area contributed by atoms with E-state index >= 15 is 0 Å². The van der Waals surface area contributed by atoms with Crippen molar-refractivity contribution >= 4 is 13.5 Å². The summed E-state index contributed by atoms with van der Waals surface area (Å²) in [5.41, 5.74) is 0. The molecule has 0 aromatic heterocycles. The largest absolute Gasteiger partial charge is 0.813 e. The van der Waals surface area contributed by atoms with Gasteiger partial charge in [-0.2, -0.15) is 0 Å². The third kappa shape index (κ3) is 3.48. The molecule has 1 aliphatic heterocycles. The zero-order chi connectivity index (χ0) is 7.45. The lowest BCUT2D eigenvalue weighted by atomic mass is 10.3. The summed E-state index contributed by atoms with van der Waals surface area (Å²) in [6.07, 6.45) is 5.69. The van der Waals surface area contributed by atoms with Gasteiger partial charge in [0.25, 0.3) is 0 Å². The molecule has 1 aliphatic rings. The minimum absolute atomic E-state index is 0. The van der Waals surface area contributed by atoms with Crippen molar-refractivity contribution in [1.29, 1.82) is 0 Å². The molecule has 1 heterocycles. The molecule has 2 heteroatoms. The first kappa shape index (κ1) is 11.3. The van der Waals surface area contributed by atoms with Gasteiger partial charge in [0.05, 0.1) is 26.7 Å². The summed E-state index contributed by atoms with van der Waals surface area (Å²) in [5, 5.41) is 0. The summed E-state index contributed by atoms with van der Waals surface area (Å²) < 4.78 is 1.36. The van der Waals surface area contributed by atoms with Crippen LogP contribution in [-0.4, -0.2) is 31.2 Å². The van der Waals surface area contributed by atoms with Crippen LogP contribution in [-0.2, 0) is 13.5 Å². The molecule has 0 saturated carbocycles. The third-order valence-corrected chi connectivity index (χ3v) is 2.70. The molecule has 11 heavy (non-hydrogen) atoms. The van der Waals surface area contributed by atoms with E-state index in [1.807, 2.05) is 0 Å². The van der Waals surface area contributed by atoms with Crippen molar-refractivity contribution in [3.63, 3.8) is 0 Å². The molecule has 0 radical (unpaired) electrons. The predicted octanol–water partition coefficient (Wildman–Crippen LogP) is 1.76. The fourth-order valence-corrected chi connectivity index (χ4v) is 1.86. The minimum atomic E-state index is 0. The van der Waals surface area contributed by atoms with Gasteiger partial charge in [0.2, 0.25) is 0 Å². The number of quaternary nitrogens is 1. The number of thiol groups is 1. The Labute approximate surface area is 77.8 Å². The van der Waals surface area contributed by atoms with Gasteiger partial charge < -0.3 is 18.0 Å². The third-order valence-electron chi connectivity index (χ3n) is 2.70. The van der Waals surface area contributed by atoms with Crippen LogP contribution < -0.4 is 0 Å². The lowest BCUT2D eigenvalue weighted by molar-refractivity contribution is -0.897. The summed E-state index contributed by atoms with van der Waals surface area (Å²) in [4.78, 5) is 0. The van der Waals surface area contributed by atoms with Crippen molar-refractivity contribution in [3.05, 3.63) is 0 Å². The van der Waals surface area contributed by atoms with Crippen LogP contribution >= 0.6 is 0 Å². The molecular formula is C9H21NS. The predicted molar refractivity (Wildman–Crippen MR) is 53.7 cm³/mol. The fraction of sp³-hybridized carbons (Fsp3) is 1.00. The van der Waals surface area contributed by atoms with Crippen molar-refractivity contribution in [2.45, 2.75) is 32.6 Å². The molecule has 0 unspecified atom stereocenters. The van der Waals surface area contributed by atoms with Crippen LogP contribution in [0.5, 0.6) is 0 Å². The number of rotatable bonds is 3. The van der Waals surface area contributed by atoms with Gasteiger partial charge in [-0.25, -0.2) is 0 Å². The number of likely N-dealkylation sites (tertiary alicyclic amines) is 1. The Balaban J connectivity index is 0.000001000. The van der Waals surface area contributed by atoms with Crippen molar-refractivity contribution in [1.82, 2.24) is 0 Å². The quantitative estimate of drug-likeness (QED) is 0.358. The normalized spacial score (nSPS) is 21.3. The molecule has 0 spiro atoms. The first-order valence-corrected chi connectivity index (χ1v) is 4.60. The highest BCUT2D eigenvalue weighted by molar-refractivity contribution is 7.37. The lowest BCUT2D eigenvalue weighted by Crippen LogP contribution is -2.41. The standard InChI is InChI=1S/C9H20N.H2S/c1-3-4-7-10(2)8-5-6-9-10;/h3-9H2,1-2H3;1H2/q+1;/p-1. The Morgan fingerprint density at radius 2 is 1.73 bits per heavy atom. The second kappa shape index (κ2) is 5.04. The van der Waals surface area contributed by atoms with Crippen molar-refractivity contribution in [2.75, 3.05) is 26.7 Å². The van der Waals surface area contributed by atoms with Crippen LogP contribution in [0.25, 0.3) is 0 Å². The van der Waals surface area contributed by atoms with E-state index in [2.05, 4.69) is 14.0 Å². The average molecular weight is 175 g/mol. The molecule has 0 bridgehead atoms. The lowest BCUT2D eigenvalue weighted by Gasteiger charge is -2.28. The summed E-state index contributed by atoms with van der Waals surface area (Å²) in [5.74, 6) is 0. The monoisotopic (exact) mass is 175 g/mol. The van der Waals surface area contributed by atoms with E-state index in [0.717, 1.165) is 0 Å². The Morgan fingerprint density at radius 1 is 1.18 bits per heavy atom. The topological polar surface area (TPSA) is 0 Å². The zero-order valence-corrected chi connectivity index (χ0v) is 8.74. The zero-order valence-electron chi connectivity index (χ0n) is 7.84. The summed E-state index contributed by atoms with van der Waals surface area (Å²) in [7, 11) is 2.41. The fourth-order valence-electron chi connectivity index (χ4n) is 1.86. The van der Waals surface area contributed by atoms with Gasteiger partial charge >= 0.3 is 0 Å². The second-order valence-corrected chi connectivity index (χ2v) is 3.85. The number of nitrogens with zero attached hydrogens (tertiary/aromatic N) is 1. The van der Waals surface area contributed by atoms with Gasteiger partial charge in [-0.15, -0.1) is 0 Å². The number of unbranched alkanes of at least 4 members (excludes halogenated alkanes) is 1. The maximum absolute atomic E-state index is 2.41. The van der Waals surface area contributed by atoms with E-state index in [1.165, 1.54) is 49.8 Å². The Morgan fingerprint density at radius 3 is 2.18 bits per heavy atom. The molecule has 1 rings (SSSR count). The van der Waals surface area contributed by atoms with E-state index in [4.69, 9.17) is 0 Å². The summed E-state index contributed by atoms with van der Waals surface area (Å²) >= 11 is 0. The first-order valence-electron chi connectivity index (χ1n) is 4.60. The first-order chi connectivity index (χ1) is 4.77. The van der Waals surface area contributed by atoms with E-state index in [9.17, 15) is 0 Å². The smallest absolute Gasteiger partial charge is 0.0786 e. The highest BCUT2D eigenvalue weighted by Gasteiger charge is 2.25. The Kier molecular flexibility index (Phi) is 5.19. The molecule has 1 saturated heterocycles. The highest BCUT2D eigenvalue weighted by atomic mass is 32.1. The Bertz CT molecular complexity index is 97.7. The van der Waals surface area contributed by atoms with E-state index in [1.54, 1.807) is 0 Å². The number of hydrogen-bond acceptors (Lipinski definition) is 1. The SMILES string of the molecule is CCCC[N+]1(C)CCCC1.[SH-]. The van der Waals surface area contributed by atoms with Gasteiger partial charge in [0, 0.05) is 12.8 Å². The highest BCUT2D eigenvalue weighted by Crippen LogP contribution is 2.16. The van der Waals surface area contributed by atoms with Crippen LogP contribution in [0.2, 0.25) is 0 Å². The molecule has 0 aliphatic carbocycles. The van der Waals surface area contributed by atoms with Gasteiger partial charge in [-0.1, -0.05) is 13.3 Å². The summed E-state index contributed by atoms with van der Waals surface area (Å²) in [6.45, 7) is 6.55. The van der Waals surface area contributed by atoms with Crippen LogP contribution in [0.15, 0.2) is 0 Å². The molecule has 1 nitrogen and oxygen atoms in total. The molecule has 1 fully saturated rings. The number of hydrogen-bond donors (Lipinski definition) is 0. The minimum Gasteiger partial charge on any atom is -0.813 e. The van der Waals surface area contributed by atoms with Gasteiger partial charge in [0.1, 0.15) is 0 Å². The summed E-state index contributed by atoms with van der Waals surface area (Å²) in [6, 6.07) is 0. The molecule has 0 atom stereocenters. The van der Waals surface area contributed by atoms with Crippen molar-refractivity contribution in [2.24, 2.45) is 0 Å². The van der Waals surface area contributed by atoms with Crippen molar-refractivity contribution < 1.29 is 4.48 Å². The van der Waals surface area contributed by atoms with Crippen molar-refractivity contribution in [3.8, 4) is 0 Å². The molecule has 0 N–H and O–H groups in total. The van der Waals surface area contributed by atoms with Crippen LogP contribution in [0, 0.1) is 0 Å². The molecule has 0 aromatic carbocycles. The van der Waals surface area contributed by atoms with E-state index < -0.39 is 0 Å². The molecule has 68 valence electrons. The molecule has 0 aromatic rings. The second-order valence-electron chi connectivity index (χ2n) is 3.85. The van der Waals surface area contributed by atoms with Crippen LogP contribution in [0.3, 0.4) is 0 Å². The average Bonchev–Trinajstić information content (AvgIpc) is 2.33. The Hall–Kier alpha value is 0.310.